The Balaban J connectivity index is 2.09. The molecule has 1 saturated carbocycles. The molecule has 1 aliphatic carbocycles. The van der Waals surface area contributed by atoms with Crippen LogP contribution in [-0.2, 0) is 7.05 Å². The van der Waals surface area contributed by atoms with Crippen molar-refractivity contribution in [2.75, 3.05) is 0 Å². The first kappa shape index (κ1) is 11.6. The number of nitrogens with one attached hydrogen (secondary N) is 1. The van der Waals surface area contributed by atoms with Crippen LogP contribution in [0.25, 0.3) is 0 Å². The second kappa shape index (κ2) is 4.97. The largest absolute Gasteiger partial charge is 0.340 e. The van der Waals surface area contributed by atoms with Crippen molar-refractivity contribution in [2.24, 2.45) is 24.7 Å². The molecule has 0 spiro atoms. The fourth-order valence-corrected chi connectivity index (χ4v) is 2.84. The lowest BCUT2D eigenvalue weighted by Gasteiger charge is -2.32. The van der Waals surface area contributed by atoms with Gasteiger partial charge in [0.15, 0.2) is 0 Å². The maximum Gasteiger partial charge on any atom is 0.0947 e. The van der Waals surface area contributed by atoms with E-state index in [1.807, 2.05) is 17.9 Å². The molecule has 1 aromatic heterocycles. The first-order chi connectivity index (χ1) is 7.70. The van der Waals surface area contributed by atoms with Crippen LogP contribution in [0.1, 0.15) is 44.3 Å². The fourth-order valence-electron chi connectivity index (χ4n) is 2.84. The maximum atomic E-state index is 5.69. The van der Waals surface area contributed by atoms with Gasteiger partial charge in [-0.25, -0.2) is 4.98 Å². The molecule has 0 saturated heterocycles. The number of nitrogens with zero attached hydrogens (tertiary/aromatic N) is 2. The van der Waals surface area contributed by atoms with E-state index in [1.165, 1.54) is 25.7 Å². The number of rotatable bonds is 3. The molecule has 0 bridgehead atoms. The van der Waals surface area contributed by atoms with Gasteiger partial charge in [-0.3, -0.25) is 11.3 Å². The highest BCUT2D eigenvalue weighted by Gasteiger charge is 2.28. The minimum atomic E-state index is 0.212. The molecule has 1 heterocycles. The lowest BCUT2D eigenvalue weighted by molar-refractivity contribution is 0.222. The molecule has 0 amide bonds. The first-order valence-corrected chi connectivity index (χ1v) is 6.14. The highest BCUT2D eigenvalue weighted by atomic mass is 15.2. The maximum absolute atomic E-state index is 5.69. The third-order valence-electron chi connectivity index (χ3n) is 3.67. The van der Waals surface area contributed by atoms with Crippen molar-refractivity contribution in [3.63, 3.8) is 0 Å². The summed E-state index contributed by atoms with van der Waals surface area (Å²) in [5.41, 5.74) is 4.02. The monoisotopic (exact) mass is 222 g/mol. The predicted molar refractivity (Wildman–Crippen MR) is 64.4 cm³/mol. The molecule has 0 radical (unpaired) electrons. The number of hydrazine groups is 1. The van der Waals surface area contributed by atoms with Gasteiger partial charge in [-0.1, -0.05) is 19.8 Å². The van der Waals surface area contributed by atoms with Crippen molar-refractivity contribution in [3.8, 4) is 0 Å². The summed E-state index contributed by atoms with van der Waals surface area (Å²) in [5, 5.41) is 0. The van der Waals surface area contributed by atoms with Crippen molar-refractivity contribution < 1.29 is 0 Å². The van der Waals surface area contributed by atoms with Crippen LogP contribution in [0.5, 0.6) is 0 Å². The van der Waals surface area contributed by atoms with Gasteiger partial charge in [0.05, 0.1) is 18.1 Å². The Bertz CT molecular complexity index is 334. The lowest BCUT2D eigenvalue weighted by Crippen LogP contribution is -2.35. The smallest absolute Gasteiger partial charge is 0.0947 e. The highest BCUT2D eigenvalue weighted by molar-refractivity contribution is 5.05. The predicted octanol–water partition coefficient (Wildman–Crippen LogP) is 1.75. The van der Waals surface area contributed by atoms with Crippen LogP contribution < -0.4 is 11.3 Å². The number of hydrogen-bond donors (Lipinski definition) is 2. The van der Waals surface area contributed by atoms with Gasteiger partial charge in [-0.2, -0.15) is 0 Å². The van der Waals surface area contributed by atoms with E-state index in [1.54, 1.807) is 0 Å². The quantitative estimate of drug-likeness (QED) is 0.605. The van der Waals surface area contributed by atoms with E-state index in [2.05, 4.69) is 23.5 Å². The number of nitrogens with two attached hydrogens (primary N) is 1. The second-order valence-corrected chi connectivity index (χ2v) is 5.14. The summed E-state index contributed by atoms with van der Waals surface area (Å²) in [6, 6.07) is 0.212. The molecule has 16 heavy (non-hydrogen) atoms. The Morgan fingerprint density at radius 3 is 2.94 bits per heavy atom. The zero-order chi connectivity index (χ0) is 11.5. The van der Waals surface area contributed by atoms with E-state index >= 15 is 0 Å². The van der Waals surface area contributed by atoms with E-state index in [9.17, 15) is 0 Å². The summed E-state index contributed by atoms with van der Waals surface area (Å²) in [7, 11) is 1.99. The molecule has 3 unspecified atom stereocenters. The van der Waals surface area contributed by atoms with Gasteiger partial charge in [-0.15, -0.1) is 0 Å². The summed E-state index contributed by atoms with van der Waals surface area (Å²) in [6.07, 6.45) is 9.09. The first-order valence-electron chi connectivity index (χ1n) is 6.14. The molecular weight excluding hydrogens is 200 g/mol. The van der Waals surface area contributed by atoms with Crippen LogP contribution in [0.3, 0.4) is 0 Å². The summed E-state index contributed by atoms with van der Waals surface area (Å²) >= 11 is 0. The van der Waals surface area contributed by atoms with Crippen molar-refractivity contribution >= 4 is 0 Å². The Kier molecular flexibility index (Phi) is 3.61. The van der Waals surface area contributed by atoms with Crippen LogP contribution in [0.4, 0.5) is 0 Å². The van der Waals surface area contributed by atoms with E-state index in [0.29, 0.717) is 5.92 Å². The third kappa shape index (κ3) is 2.44. The van der Waals surface area contributed by atoms with Crippen LogP contribution in [-0.4, -0.2) is 9.55 Å². The molecule has 1 aliphatic rings. The molecule has 2 rings (SSSR count). The molecule has 90 valence electrons. The molecular formula is C12H22N4. The molecule has 1 fully saturated rings. The Morgan fingerprint density at radius 1 is 1.56 bits per heavy atom. The minimum Gasteiger partial charge on any atom is -0.340 e. The summed E-state index contributed by atoms with van der Waals surface area (Å²) in [4.78, 5) is 4.41. The van der Waals surface area contributed by atoms with Gasteiger partial charge in [0.2, 0.25) is 0 Å². The van der Waals surface area contributed by atoms with E-state index < -0.39 is 0 Å². The summed E-state index contributed by atoms with van der Waals surface area (Å²) in [5.74, 6) is 7.14. The number of imidazole rings is 1. The van der Waals surface area contributed by atoms with Gasteiger partial charge in [0.1, 0.15) is 0 Å². The molecule has 0 aromatic carbocycles. The van der Waals surface area contributed by atoms with Crippen LogP contribution in [0, 0.1) is 11.8 Å². The SMILES string of the molecule is CC1CCCC(C(NN)c2cn(C)cn2)C1. The molecule has 3 atom stereocenters. The third-order valence-corrected chi connectivity index (χ3v) is 3.67. The van der Waals surface area contributed by atoms with Gasteiger partial charge in [0, 0.05) is 13.2 Å². The molecule has 4 heteroatoms. The van der Waals surface area contributed by atoms with Gasteiger partial charge in [-0.05, 0) is 24.7 Å². The Labute approximate surface area is 97.2 Å². The van der Waals surface area contributed by atoms with Gasteiger partial charge in [0.25, 0.3) is 0 Å². The standard InChI is InChI=1S/C12H22N4/c1-9-4-3-5-10(6-9)12(15-13)11-7-16(2)8-14-11/h7-10,12,15H,3-6,13H2,1-2H3. The average Bonchev–Trinajstić information content (AvgIpc) is 2.66. The van der Waals surface area contributed by atoms with Crippen LogP contribution in [0.2, 0.25) is 0 Å². The number of aromatic nitrogens is 2. The number of hydrogen-bond acceptors (Lipinski definition) is 3. The average molecular weight is 222 g/mol. The van der Waals surface area contributed by atoms with E-state index in [-0.39, 0.29) is 6.04 Å². The minimum absolute atomic E-state index is 0.212. The van der Waals surface area contributed by atoms with Crippen molar-refractivity contribution in [2.45, 2.75) is 38.6 Å². The Hall–Kier alpha value is -0.870. The van der Waals surface area contributed by atoms with Gasteiger partial charge >= 0.3 is 0 Å². The van der Waals surface area contributed by atoms with Gasteiger partial charge < -0.3 is 4.57 Å². The zero-order valence-corrected chi connectivity index (χ0v) is 10.2. The normalized spacial score (nSPS) is 27.9. The highest BCUT2D eigenvalue weighted by Crippen LogP contribution is 2.36. The molecule has 1 aromatic rings. The summed E-state index contributed by atoms with van der Waals surface area (Å²) < 4.78 is 1.98. The lowest BCUT2D eigenvalue weighted by atomic mass is 9.78. The second-order valence-electron chi connectivity index (χ2n) is 5.14. The van der Waals surface area contributed by atoms with Crippen molar-refractivity contribution in [3.05, 3.63) is 18.2 Å². The fraction of sp³-hybridized carbons (Fsp3) is 0.750. The Morgan fingerprint density at radius 2 is 2.38 bits per heavy atom. The van der Waals surface area contributed by atoms with E-state index in [0.717, 1.165) is 11.6 Å². The molecule has 3 N–H and O–H groups in total. The van der Waals surface area contributed by atoms with Crippen LogP contribution in [0.15, 0.2) is 12.5 Å². The van der Waals surface area contributed by atoms with E-state index in [4.69, 9.17) is 5.84 Å². The zero-order valence-electron chi connectivity index (χ0n) is 10.2. The topological polar surface area (TPSA) is 55.9 Å². The van der Waals surface area contributed by atoms with Crippen molar-refractivity contribution in [1.29, 1.82) is 0 Å². The summed E-state index contributed by atoms with van der Waals surface area (Å²) in [6.45, 7) is 2.33. The molecule has 4 nitrogen and oxygen atoms in total. The van der Waals surface area contributed by atoms with Crippen molar-refractivity contribution in [1.82, 2.24) is 15.0 Å². The number of aryl methyl sites for hydroxylation is 1. The van der Waals surface area contributed by atoms with Crippen LogP contribution >= 0.6 is 0 Å². The molecule has 0 aliphatic heterocycles.